The van der Waals surface area contributed by atoms with Gasteiger partial charge in [-0.25, -0.2) is 4.98 Å². The quantitative estimate of drug-likeness (QED) is 0.468. The van der Waals surface area contributed by atoms with E-state index >= 15 is 0 Å². The molecule has 0 radical (unpaired) electrons. The van der Waals surface area contributed by atoms with Crippen LogP contribution in [0.2, 0.25) is 0 Å². The first-order valence-corrected chi connectivity index (χ1v) is 13.3. The van der Waals surface area contributed by atoms with Gasteiger partial charge in [0.2, 0.25) is 0 Å². The summed E-state index contributed by atoms with van der Waals surface area (Å²) in [6, 6.07) is 4.26. The van der Waals surface area contributed by atoms with Gasteiger partial charge in [-0.3, -0.25) is 4.79 Å². The van der Waals surface area contributed by atoms with E-state index in [-0.39, 0.29) is 5.41 Å². The molecular formula is C16H19I2NO2. The Kier molecular flexibility index (Phi) is 5.67. The molecule has 3 nitrogen and oxygen atoms in total. The molecule has 114 valence electrons. The molecule has 2 aromatic rings. The molecule has 1 aromatic carbocycles. The predicted molar refractivity (Wildman–Crippen MR) is 102 cm³/mol. The molecule has 0 saturated heterocycles. The van der Waals surface area contributed by atoms with E-state index in [1.54, 1.807) is 0 Å². The number of aromatic nitrogens is 1. The van der Waals surface area contributed by atoms with Crippen molar-refractivity contribution in [1.82, 2.24) is 4.98 Å². The summed E-state index contributed by atoms with van der Waals surface area (Å²) in [5.41, 5.74) is 4.28. The monoisotopic (exact) mass is 511 g/mol. The van der Waals surface area contributed by atoms with Gasteiger partial charge in [0.25, 0.3) is 0 Å². The predicted octanol–water partition coefficient (Wildman–Crippen LogP) is 5.62. The lowest BCUT2D eigenvalue weighted by Gasteiger charge is -2.33. The maximum atomic E-state index is 11.5. The van der Waals surface area contributed by atoms with Crippen LogP contribution in [0.1, 0.15) is 49.6 Å². The highest BCUT2D eigenvalue weighted by molar-refractivity contribution is 15.0. The van der Waals surface area contributed by atoms with Crippen LogP contribution in [0.5, 0.6) is 0 Å². The van der Waals surface area contributed by atoms with E-state index in [0.717, 1.165) is 29.5 Å². The van der Waals surface area contributed by atoms with Gasteiger partial charge >= 0.3 is 0 Å². The van der Waals surface area contributed by atoms with Crippen molar-refractivity contribution < 1.29 is 9.21 Å². The van der Waals surface area contributed by atoms with E-state index < -0.39 is 0 Å². The fourth-order valence-corrected chi connectivity index (χ4v) is 3.08. The second-order valence-electron chi connectivity index (χ2n) is 5.94. The van der Waals surface area contributed by atoms with Crippen LogP contribution >= 0.6 is 37.2 Å². The van der Waals surface area contributed by atoms with Crippen LogP contribution in [-0.4, -0.2) is 10.8 Å². The van der Waals surface area contributed by atoms with Crippen LogP contribution in [0.15, 0.2) is 16.5 Å². The molecule has 1 saturated carbocycles. The van der Waals surface area contributed by atoms with Crippen molar-refractivity contribution in [2.75, 3.05) is 0 Å². The van der Waals surface area contributed by atoms with Gasteiger partial charge in [0.1, 0.15) is 11.3 Å². The molecule has 3 rings (SSSR count). The van der Waals surface area contributed by atoms with E-state index in [1.807, 2.05) is 13.8 Å². The molecule has 21 heavy (non-hydrogen) atoms. The third kappa shape index (κ3) is 3.43. The van der Waals surface area contributed by atoms with Crippen molar-refractivity contribution in [3.8, 4) is 0 Å². The molecule has 0 atom stereocenters. The van der Waals surface area contributed by atoms with Gasteiger partial charge in [-0.15, -0.1) is 0 Å². The number of hydrogen-bond acceptors (Lipinski definition) is 3. The summed E-state index contributed by atoms with van der Waals surface area (Å²) in [5, 5.41) is 0. The number of halogens is 2. The fourth-order valence-electron chi connectivity index (χ4n) is 3.08. The summed E-state index contributed by atoms with van der Waals surface area (Å²) in [6.45, 7) is 6.17. The van der Waals surface area contributed by atoms with Crippen molar-refractivity contribution >= 4 is 54.1 Å². The van der Waals surface area contributed by atoms with Gasteiger partial charge in [-0.1, -0.05) is 19.1 Å². The molecule has 0 aliphatic heterocycles. The minimum absolute atomic E-state index is 0.0448. The number of ketones is 1. The largest absolute Gasteiger partial charge is 0.441 e. The third-order valence-corrected chi connectivity index (χ3v) is 4.41. The van der Waals surface area contributed by atoms with Crippen molar-refractivity contribution in [3.63, 3.8) is 0 Å². The Hall–Kier alpha value is -0.180. The molecule has 1 aliphatic rings. The maximum absolute atomic E-state index is 11.5. The molecule has 0 amide bonds. The van der Waals surface area contributed by atoms with E-state index in [4.69, 9.17) is 4.42 Å². The minimum atomic E-state index is 0.0448. The lowest BCUT2D eigenvalue weighted by atomic mass is 9.70. The first-order valence-electron chi connectivity index (χ1n) is 7.03. The highest BCUT2D eigenvalue weighted by Crippen LogP contribution is 2.41. The van der Waals surface area contributed by atoms with Crippen LogP contribution < -0.4 is 0 Å². The lowest BCUT2D eigenvalue weighted by molar-refractivity contribution is -0.121. The van der Waals surface area contributed by atoms with Gasteiger partial charge in [-0.2, -0.15) is 0 Å². The van der Waals surface area contributed by atoms with Crippen LogP contribution in [0.4, 0.5) is 0 Å². The summed E-state index contributed by atoms with van der Waals surface area (Å²) in [6.07, 6.45) is 3.19. The SMILES string of the molecule is Cc1nc2c(C3(C)CCC(=O)CC3)ccc(C)c2o1.II. The molecule has 5 heteroatoms. The Morgan fingerprint density at radius 1 is 1.19 bits per heavy atom. The van der Waals surface area contributed by atoms with Crippen LogP contribution in [0.25, 0.3) is 11.1 Å². The standard InChI is InChI=1S/C16H19NO2.I2/c1-10-4-5-13(14-15(10)19-11(2)17-14)16(3)8-6-12(18)7-9-16;1-2/h4-5H,6-9H2,1-3H3;. The zero-order chi connectivity index (χ0) is 15.6. The van der Waals surface area contributed by atoms with E-state index in [1.165, 1.54) is 5.56 Å². The summed E-state index contributed by atoms with van der Waals surface area (Å²) in [7, 11) is 0. The third-order valence-electron chi connectivity index (χ3n) is 4.41. The van der Waals surface area contributed by atoms with Crippen molar-refractivity contribution in [2.24, 2.45) is 0 Å². The van der Waals surface area contributed by atoms with Crippen LogP contribution in [0, 0.1) is 13.8 Å². The number of benzene rings is 1. The van der Waals surface area contributed by atoms with Crippen molar-refractivity contribution in [2.45, 2.75) is 51.9 Å². The topological polar surface area (TPSA) is 43.1 Å². The van der Waals surface area contributed by atoms with Gasteiger partial charge in [-0.05, 0) is 36.3 Å². The lowest BCUT2D eigenvalue weighted by Crippen LogP contribution is -2.29. The molecular weight excluding hydrogens is 492 g/mol. The van der Waals surface area contributed by atoms with Crippen molar-refractivity contribution in [1.29, 1.82) is 0 Å². The zero-order valence-corrected chi connectivity index (χ0v) is 16.8. The second kappa shape index (κ2) is 6.93. The molecule has 0 bridgehead atoms. The summed E-state index contributed by atoms with van der Waals surface area (Å²) in [4.78, 5) is 16.0. The molecule has 0 N–H and O–H groups in total. The Morgan fingerprint density at radius 2 is 1.81 bits per heavy atom. The number of oxazole rings is 1. The molecule has 1 fully saturated rings. The average molecular weight is 511 g/mol. The van der Waals surface area contributed by atoms with E-state index in [9.17, 15) is 4.79 Å². The molecule has 1 aromatic heterocycles. The molecule has 0 unspecified atom stereocenters. The summed E-state index contributed by atoms with van der Waals surface area (Å²) in [5.74, 6) is 1.10. The smallest absolute Gasteiger partial charge is 0.192 e. The number of nitrogens with zero attached hydrogens (tertiary/aromatic N) is 1. The molecule has 1 aliphatic carbocycles. The Bertz CT molecular complexity index is 654. The van der Waals surface area contributed by atoms with E-state index in [0.29, 0.717) is 24.5 Å². The summed E-state index contributed by atoms with van der Waals surface area (Å²) >= 11 is 4.24. The van der Waals surface area contributed by atoms with Crippen molar-refractivity contribution in [3.05, 3.63) is 29.2 Å². The maximum Gasteiger partial charge on any atom is 0.192 e. The van der Waals surface area contributed by atoms with E-state index in [2.05, 4.69) is 61.3 Å². The normalized spacial score (nSPS) is 17.5. The highest BCUT2D eigenvalue weighted by atomic mass is 128. The van der Waals surface area contributed by atoms with Gasteiger partial charge in [0, 0.05) is 57.0 Å². The highest BCUT2D eigenvalue weighted by Gasteiger charge is 2.34. The Morgan fingerprint density at radius 3 is 2.43 bits per heavy atom. The average Bonchev–Trinajstić information content (AvgIpc) is 2.87. The van der Waals surface area contributed by atoms with Crippen LogP contribution in [0.3, 0.4) is 0 Å². The molecule has 1 heterocycles. The number of carbonyl (C=O) groups is 1. The van der Waals surface area contributed by atoms with Crippen LogP contribution in [-0.2, 0) is 10.2 Å². The Labute approximate surface area is 148 Å². The Balaban J connectivity index is 0.000000774. The molecule has 0 spiro atoms. The minimum Gasteiger partial charge on any atom is -0.441 e. The number of hydrogen-bond donors (Lipinski definition) is 0. The number of aryl methyl sites for hydroxylation is 2. The van der Waals surface area contributed by atoms with Gasteiger partial charge in [0.15, 0.2) is 11.5 Å². The van der Waals surface area contributed by atoms with Gasteiger partial charge < -0.3 is 4.42 Å². The zero-order valence-electron chi connectivity index (χ0n) is 12.5. The number of fused-ring (bicyclic) bond motifs is 1. The second-order valence-corrected chi connectivity index (χ2v) is 5.94. The number of Topliss-reactive ketones (excluding diaryl/α,β-unsaturated/α-hetero) is 1. The number of carbonyl (C=O) groups excluding carboxylic acids is 1. The number of rotatable bonds is 1. The fraction of sp³-hybridized carbons (Fsp3) is 0.500. The summed E-state index contributed by atoms with van der Waals surface area (Å²) < 4.78 is 5.72. The first kappa shape index (κ1) is 17.2. The first-order chi connectivity index (χ1) is 9.99. The van der Waals surface area contributed by atoms with Gasteiger partial charge in [0.05, 0.1) is 0 Å².